The first-order valence-corrected chi connectivity index (χ1v) is 5.16. The van der Waals surface area contributed by atoms with Crippen LogP contribution in [0, 0.1) is 18.3 Å². The topological polar surface area (TPSA) is 120 Å². The number of carboxylic acid groups (broad SMARTS) is 1. The second kappa shape index (κ2) is 5.67. The van der Waals surface area contributed by atoms with E-state index in [1.165, 1.54) is 4.68 Å². The van der Waals surface area contributed by atoms with Crippen LogP contribution in [-0.2, 0) is 16.6 Å². The molecule has 0 aliphatic rings. The minimum atomic E-state index is -1.04. The number of anilines is 1. The van der Waals surface area contributed by atoms with Gasteiger partial charge >= 0.3 is 5.97 Å². The zero-order chi connectivity index (χ0) is 13.7. The van der Waals surface area contributed by atoms with Crippen LogP contribution in [0.4, 0.5) is 5.82 Å². The van der Waals surface area contributed by atoms with E-state index in [2.05, 4.69) is 16.0 Å². The molecule has 0 fully saturated rings. The fourth-order valence-corrected chi connectivity index (χ4v) is 1.35. The van der Waals surface area contributed by atoms with Crippen LogP contribution in [0.25, 0.3) is 0 Å². The molecule has 1 heterocycles. The number of hydrazine groups is 1. The van der Waals surface area contributed by atoms with E-state index in [1.807, 2.05) is 6.07 Å². The SMILES string of the molecule is Cc1nn(C)c(NNC(=O)CCC(=O)O)c1C#N. The molecule has 0 unspecified atom stereocenters. The standard InChI is InChI=1S/C10H13N5O3/c1-6-7(5-11)10(15(2)14-6)13-12-8(16)3-4-9(17)18/h13H,3-4H2,1-2H3,(H,12,16)(H,17,18). The molecule has 0 radical (unpaired) electrons. The van der Waals surface area contributed by atoms with Crippen LogP contribution in [-0.4, -0.2) is 26.8 Å². The number of hydrogen-bond donors (Lipinski definition) is 3. The van der Waals surface area contributed by atoms with Crippen LogP contribution in [0.15, 0.2) is 0 Å². The molecule has 8 nitrogen and oxygen atoms in total. The van der Waals surface area contributed by atoms with Crippen LogP contribution < -0.4 is 10.9 Å². The lowest BCUT2D eigenvalue weighted by molar-refractivity contribution is -0.138. The Kier molecular flexibility index (Phi) is 4.26. The van der Waals surface area contributed by atoms with Crippen molar-refractivity contribution in [3.63, 3.8) is 0 Å². The van der Waals surface area contributed by atoms with Crippen LogP contribution in [0.3, 0.4) is 0 Å². The van der Waals surface area contributed by atoms with Gasteiger partial charge in [0.1, 0.15) is 11.6 Å². The molecule has 0 saturated carbocycles. The largest absolute Gasteiger partial charge is 0.481 e. The summed E-state index contributed by atoms with van der Waals surface area (Å²) >= 11 is 0. The Hall–Kier alpha value is -2.56. The number of aryl methyl sites for hydroxylation is 2. The number of nitriles is 1. The summed E-state index contributed by atoms with van der Waals surface area (Å²) in [6, 6.07) is 1.97. The van der Waals surface area contributed by atoms with Crippen molar-refractivity contribution in [3.8, 4) is 6.07 Å². The van der Waals surface area contributed by atoms with Crippen LogP contribution >= 0.6 is 0 Å². The van der Waals surface area contributed by atoms with Crippen molar-refractivity contribution < 1.29 is 14.7 Å². The monoisotopic (exact) mass is 251 g/mol. The maximum absolute atomic E-state index is 11.3. The summed E-state index contributed by atoms with van der Waals surface area (Å²) in [6.45, 7) is 1.68. The lowest BCUT2D eigenvalue weighted by Gasteiger charge is -2.08. The Labute approximate surface area is 103 Å². The van der Waals surface area contributed by atoms with Gasteiger partial charge in [0, 0.05) is 13.5 Å². The van der Waals surface area contributed by atoms with Gasteiger partial charge in [0.15, 0.2) is 5.82 Å². The van der Waals surface area contributed by atoms with E-state index in [-0.39, 0.29) is 12.8 Å². The number of amides is 1. The maximum atomic E-state index is 11.3. The van der Waals surface area contributed by atoms with Gasteiger partial charge in [-0.15, -0.1) is 0 Å². The van der Waals surface area contributed by atoms with E-state index >= 15 is 0 Å². The van der Waals surface area contributed by atoms with Crippen molar-refractivity contribution in [1.29, 1.82) is 5.26 Å². The highest BCUT2D eigenvalue weighted by atomic mass is 16.4. The number of nitrogens with one attached hydrogen (secondary N) is 2. The normalized spacial score (nSPS) is 9.61. The van der Waals surface area contributed by atoms with E-state index in [0.29, 0.717) is 17.1 Å². The number of carbonyl (C=O) groups excluding carboxylic acids is 1. The number of nitrogens with zero attached hydrogens (tertiary/aromatic N) is 3. The molecule has 1 aromatic heterocycles. The number of aliphatic carboxylic acids is 1. The third kappa shape index (κ3) is 3.21. The molecule has 3 N–H and O–H groups in total. The van der Waals surface area contributed by atoms with Crippen molar-refractivity contribution in [3.05, 3.63) is 11.3 Å². The highest BCUT2D eigenvalue weighted by Crippen LogP contribution is 2.15. The number of rotatable bonds is 5. The highest BCUT2D eigenvalue weighted by molar-refractivity contribution is 5.81. The molecule has 1 amide bonds. The summed E-state index contributed by atoms with van der Waals surface area (Å²) in [6.07, 6.45) is -0.385. The first-order valence-electron chi connectivity index (χ1n) is 5.16. The molecule has 0 aromatic carbocycles. The first-order chi connectivity index (χ1) is 8.45. The smallest absolute Gasteiger partial charge is 0.303 e. The number of carboxylic acids is 1. The number of carbonyl (C=O) groups is 2. The molecular weight excluding hydrogens is 238 g/mol. The van der Waals surface area contributed by atoms with Crippen molar-refractivity contribution in [2.75, 3.05) is 5.43 Å². The first kappa shape index (κ1) is 13.5. The molecule has 1 aromatic rings. The van der Waals surface area contributed by atoms with Gasteiger partial charge in [0.05, 0.1) is 12.1 Å². The van der Waals surface area contributed by atoms with E-state index in [9.17, 15) is 9.59 Å². The van der Waals surface area contributed by atoms with Gasteiger partial charge in [-0.3, -0.25) is 25.1 Å². The van der Waals surface area contributed by atoms with Gasteiger partial charge < -0.3 is 5.11 Å². The van der Waals surface area contributed by atoms with Gasteiger partial charge in [-0.25, -0.2) is 0 Å². The molecule has 18 heavy (non-hydrogen) atoms. The highest BCUT2D eigenvalue weighted by Gasteiger charge is 2.13. The summed E-state index contributed by atoms with van der Waals surface area (Å²) in [4.78, 5) is 21.6. The third-order valence-corrected chi connectivity index (χ3v) is 2.22. The molecule has 0 aliphatic heterocycles. The quantitative estimate of drug-likeness (QED) is 0.629. The zero-order valence-corrected chi connectivity index (χ0v) is 10.0. The number of aromatic nitrogens is 2. The molecule has 0 bridgehead atoms. The van der Waals surface area contributed by atoms with Crippen molar-refractivity contribution in [1.82, 2.24) is 15.2 Å². The van der Waals surface area contributed by atoms with Gasteiger partial charge in [0.2, 0.25) is 5.91 Å². The Morgan fingerprint density at radius 1 is 1.50 bits per heavy atom. The minimum absolute atomic E-state index is 0.138. The minimum Gasteiger partial charge on any atom is -0.481 e. The second-order valence-corrected chi connectivity index (χ2v) is 3.61. The van der Waals surface area contributed by atoms with Gasteiger partial charge in [-0.2, -0.15) is 10.4 Å². The van der Waals surface area contributed by atoms with Crippen molar-refractivity contribution in [2.45, 2.75) is 19.8 Å². The summed E-state index contributed by atoms with van der Waals surface area (Å²) in [5, 5.41) is 21.4. The lowest BCUT2D eigenvalue weighted by atomic mass is 10.3. The number of hydrogen-bond acceptors (Lipinski definition) is 5. The van der Waals surface area contributed by atoms with Crippen molar-refractivity contribution in [2.24, 2.45) is 7.05 Å². The molecule has 96 valence electrons. The predicted molar refractivity (Wildman–Crippen MR) is 61.3 cm³/mol. The molecule has 0 saturated heterocycles. The van der Waals surface area contributed by atoms with Gasteiger partial charge in [-0.05, 0) is 6.92 Å². The Morgan fingerprint density at radius 2 is 2.17 bits per heavy atom. The van der Waals surface area contributed by atoms with Crippen LogP contribution in [0.2, 0.25) is 0 Å². The van der Waals surface area contributed by atoms with E-state index in [4.69, 9.17) is 10.4 Å². The third-order valence-electron chi connectivity index (χ3n) is 2.22. The molecule has 8 heteroatoms. The summed E-state index contributed by atoms with van der Waals surface area (Å²) in [5.41, 5.74) is 5.75. The average molecular weight is 251 g/mol. The van der Waals surface area contributed by atoms with Gasteiger partial charge in [0.25, 0.3) is 0 Å². The molecule has 0 aliphatic carbocycles. The van der Waals surface area contributed by atoms with Crippen LogP contribution in [0.1, 0.15) is 24.1 Å². The van der Waals surface area contributed by atoms with E-state index < -0.39 is 11.9 Å². The molecule has 1 rings (SSSR count). The Balaban J connectivity index is 2.62. The Morgan fingerprint density at radius 3 is 2.72 bits per heavy atom. The summed E-state index contributed by atoms with van der Waals surface area (Å²) in [7, 11) is 1.62. The fourth-order valence-electron chi connectivity index (χ4n) is 1.35. The lowest BCUT2D eigenvalue weighted by Crippen LogP contribution is -2.30. The van der Waals surface area contributed by atoms with Crippen molar-refractivity contribution >= 4 is 17.7 Å². The zero-order valence-electron chi connectivity index (χ0n) is 10.0. The predicted octanol–water partition coefficient (Wildman–Crippen LogP) is -0.0919. The Bertz CT molecular complexity index is 514. The molecular formula is C10H13N5O3. The van der Waals surface area contributed by atoms with E-state index in [1.54, 1.807) is 14.0 Å². The van der Waals surface area contributed by atoms with Crippen LogP contribution in [0.5, 0.6) is 0 Å². The fraction of sp³-hybridized carbons (Fsp3) is 0.400. The molecule has 0 atom stereocenters. The molecule has 0 spiro atoms. The average Bonchev–Trinajstić information content (AvgIpc) is 2.57. The van der Waals surface area contributed by atoms with Gasteiger partial charge in [-0.1, -0.05) is 0 Å². The maximum Gasteiger partial charge on any atom is 0.303 e. The summed E-state index contributed by atoms with van der Waals surface area (Å²) < 4.78 is 1.42. The summed E-state index contributed by atoms with van der Waals surface area (Å²) in [5.74, 6) is -1.15. The second-order valence-electron chi connectivity index (χ2n) is 3.61. The van der Waals surface area contributed by atoms with E-state index in [0.717, 1.165) is 0 Å².